The first-order valence-corrected chi connectivity index (χ1v) is 9.41. The van der Waals surface area contributed by atoms with Crippen LogP contribution in [0.3, 0.4) is 0 Å². The monoisotopic (exact) mass is 351 g/mol. The molecule has 0 radical (unpaired) electrons. The van der Waals surface area contributed by atoms with E-state index in [0.29, 0.717) is 24.2 Å². The predicted octanol–water partition coefficient (Wildman–Crippen LogP) is 2.54. The molecule has 1 unspecified atom stereocenters. The van der Waals surface area contributed by atoms with Crippen molar-refractivity contribution in [3.05, 3.63) is 71.8 Å². The normalized spacial score (nSPS) is 25.8. The average Bonchev–Trinajstić information content (AvgIpc) is 2.68. The van der Waals surface area contributed by atoms with Crippen molar-refractivity contribution in [2.75, 3.05) is 13.1 Å². The van der Waals surface area contributed by atoms with E-state index in [9.17, 15) is 15.0 Å². The molecule has 2 aliphatic rings. The Kier molecular flexibility index (Phi) is 4.55. The van der Waals surface area contributed by atoms with Crippen LogP contribution in [0.15, 0.2) is 60.7 Å². The van der Waals surface area contributed by atoms with Crippen LogP contribution in [0.4, 0.5) is 0 Å². The van der Waals surface area contributed by atoms with Crippen LogP contribution in [0.1, 0.15) is 30.4 Å². The average molecular weight is 351 g/mol. The molecule has 1 heterocycles. The molecule has 3 atom stereocenters. The molecule has 4 nitrogen and oxygen atoms in total. The highest BCUT2D eigenvalue weighted by molar-refractivity contribution is 5.90. The van der Waals surface area contributed by atoms with Crippen molar-refractivity contribution < 1.29 is 15.0 Å². The molecule has 26 heavy (non-hydrogen) atoms. The summed E-state index contributed by atoms with van der Waals surface area (Å²) in [5.41, 5.74) is -0.556. The number of carbonyl (C=O) groups is 1. The summed E-state index contributed by atoms with van der Waals surface area (Å²) < 4.78 is 0. The van der Waals surface area contributed by atoms with Gasteiger partial charge in [0.25, 0.3) is 5.91 Å². The van der Waals surface area contributed by atoms with Gasteiger partial charge in [0.2, 0.25) is 0 Å². The molecule has 0 aromatic heterocycles. The molecule has 1 saturated carbocycles. The maximum Gasteiger partial charge on any atom is 0.264 e. The minimum atomic E-state index is -1.71. The number of rotatable bonds is 3. The number of nitrogens with zero attached hydrogens (tertiary/aromatic N) is 1. The van der Waals surface area contributed by atoms with Crippen molar-refractivity contribution in [1.82, 2.24) is 4.90 Å². The van der Waals surface area contributed by atoms with Gasteiger partial charge in [0.15, 0.2) is 5.60 Å². The number of aliphatic hydroxyl groups is 2. The van der Waals surface area contributed by atoms with E-state index in [2.05, 4.69) is 0 Å². The van der Waals surface area contributed by atoms with Crippen LogP contribution in [0.2, 0.25) is 0 Å². The zero-order valence-electron chi connectivity index (χ0n) is 14.8. The fraction of sp³-hybridized carbons (Fsp3) is 0.409. The fourth-order valence-electron chi connectivity index (χ4n) is 4.57. The van der Waals surface area contributed by atoms with Gasteiger partial charge in [0.1, 0.15) is 0 Å². The summed E-state index contributed by atoms with van der Waals surface area (Å²) in [6.07, 6.45) is 2.66. The summed E-state index contributed by atoms with van der Waals surface area (Å²) in [5.74, 6) is -0.0665. The molecule has 4 rings (SSSR count). The number of aliphatic hydroxyl groups excluding tert-OH is 1. The Bertz CT molecular complexity index is 708. The molecule has 136 valence electrons. The first-order chi connectivity index (χ1) is 12.6. The van der Waals surface area contributed by atoms with Gasteiger partial charge in [-0.3, -0.25) is 4.79 Å². The summed E-state index contributed by atoms with van der Waals surface area (Å²) in [6, 6.07) is 18.3. The quantitative estimate of drug-likeness (QED) is 0.893. The molecule has 2 N–H and O–H groups in total. The van der Waals surface area contributed by atoms with Crippen molar-refractivity contribution in [3.63, 3.8) is 0 Å². The zero-order valence-corrected chi connectivity index (χ0v) is 14.8. The number of hydrogen-bond acceptors (Lipinski definition) is 3. The van der Waals surface area contributed by atoms with Crippen LogP contribution in [0.5, 0.6) is 0 Å². The van der Waals surface area contributed by atoms with Crippen molar-refractivity contribution in [2.45, 2.75) is 31.0 Å². The minimum absolute atomic E-state index is 0.113. The summed E-state index contributed by atoms with van der Waals surface area (Å²) >= 11 is 0. The van der Waals surface area contributed by atoms with Gasteiger partial charge >= 0.3 is 0 Å². The van der Waals surface area contributed by atoms with Gasteiger partial charge in [-0.1, -0.05) is 67.1 Å². The number of benzene rings is 2. The van der Waals surface area contributed by atoms with Crippen molar-refractivity contribution in [3.8, 4) is 0 Å². The number of hydrogen-bond donors (Lipinski definition) is 2. The van der Waals surface area contributed by atoms with E-state index in [-0.39, 0.29) is 23.8 Å². The van der Waals surface area contributed by atoms with Crippen LogP contribution in [0, 0.1) is 11.8 Å². The van der Waals surface area contributed by atoms with Crippen molar-refractivity contribution in [1.29, 1.82) is 0 Å². The molecule has 1 aliphatic heterocycles. The molecule has 1 amide bonds. The Labute approximate surface area is 154 Å². The van der Waals surface area contributed by atoms with E-state index < -0.39 is 5.60 Å². The minimum Gasteiger partial charge on any atom is -0.392 e. The fourth-order valence-corrected chi connectivity index (χ4v) is 4.57. The molecule has 2 aromatic carbocycles. The standard InChI is InChI=1S/C22H25NO3/c24-20-16-8-7-9-17(20)15-23(14-16)21(25)22(26,18-10-3-1-4-11-18)19-12-5-2-6-13-19/h1-6,10-13,16-17,20,24,26H,7-9,14-15H2/t16-,17+,20?. The molecule has 0 spiro atoms. The van der Waals surface area contributed by atoms with E-state index in [4.69, 9.17) is 0 Å². The van der Waals surface area contributed by atoms with Crippen LogP contribution in [-0.2, 0) is 10.4 Å². The van der Waals surface area contributed by atoms with E-state index in [1.807, 2.05) is 36.4 Å². The lowest BCUT2D eigenvalue weighted by atomic mass is 9.74. The number of piperidine rings is 1. The first-order valence-electron chi connectivity index (χ1n) is 9.41. The highest BCUT2D eigenvalue weighted by atomic mass is 16.3. The Balaban J connectivity index is 1.72. The Hall–Kier alpha value is -2.17. The number of likely N-dealkylation sites (tertiary alicyclic amines) is 1. The molecular formula is C22H25NO3. The Morgan fingerprint density at radius 1 is 0.885 bits per heavy atom. The largest absolute Gasteiger partial charge is 0.392 e. The number of amides is 1. The smallest absolute Gasteiger partial charge is 0.264 e. The SMILES string of the molecule is O=C(N1C[C@H]2CCC[C@@H](C1)C2O)C(O)(c1ccccc1)c1ccccc1. The third-order valence-corrected chi connectivity index (χ3v) is 6.01. The predicted molar refractivity (Wildman–Crippen MR) is 99.3 cm³/mol. The summed E-state index contributed by atoms with van der Waals surface area (Å²) in [6.45, 7) is 1.02. The van der Waals surface area contributed by atoms with E-state index >= 15 is 0 Å². The first kappa shape index (κ1) is 17.3. The van der Waals surface area contributed by atoms with Gasteiger partial charge in [-0.2, -0.15) is 0 Å². The highest BCUT2D eigenvalue weighted by Crippen LogP contribution is 2.38. The molecule has 2 aromatic rings. The van der Waals surface area contributed by atoms with Gasteiger partial charge in [-0.15, -0.1) is 0 Å². The van der Waals surface area contributed by atoms with Gasteiger partial charge < -0.3 is 15.1 Å². The third kappa shape index (κ3) is 2.83. The molecule has 2 bridgehead atoms. The van der Waals surface area contributed by atoms with Gasteiger partial charge in [-0.25, -0.2) is 0 Å². The Morgan fingerprint density at radius 3 is 1.81 bits per heavy atom. The molecule has 2 fully saturated rings. The molecular weight excluding hydrogens is 326 g/mol. The summed E-state index contributed by atoms with van der Waals surface area (Å²) in [4.78, 5) is 15.3. The van der Waals surface area contributed by atoms with Gasteiger partial charge in [0, 0.05) is 24.9 Å². The maximum absolute atomic E-state index is 13.6. The molecule has 1 aliphatic carbocycles. The lowest BCUT2D eigenvalue weighted by molar-refractivity contribution is -0.156. The van der Waals surface area contributed by atoms with Crippen LogP contribution >= 0.6 is 0 Å². The van der Waals surface area contributed by atoms with Gasteiger partial charge in [0.05, 0.1) is 6.10 Å². The second kappa shape index (κ2) is 6.86. The molecule has 4 heteroatoms. The number of carbonyl (C=O) groups excluding carboxylic acids is 1. The van der Waals surface area contributed by atoms with Crippen molar-refractivity contribution in [2.24, 2.45) is 11.8 Å². The topological polar surface area (TPSA) is 60.8 Å². The number of fused-ring (bicyclic) bond motifs is 2. The maximum atomic E-state index is 13.6. The lowest BCUT2D eigenvalue weighted by Crippen LogP contribution is -2.57. The summed E-state index contributed by atoms with van der Waals surface area (Å²) in [5, 5.41) is 22.1. The second-order valence-electron chi connectivity index (χ2n) is 7.59. The zero-order chi connectivity index (χ0) is 18.1. The molecule has 1 saturated heterocycles. The van der Waals surface area contributed by atoms with E-state index in [0.717, 1.165) is 19.3 Å². The van der Waals surface area contributed by atoms with E-state index in [1.165, 1.54) is 0 Å². The van der Waals surface area contributed by atoms with Crippen LogP contribution in [-0.4, -0.2) is 40.2 Å². The van der Waals surface area contributed by atoms with Crippen LogP contribution in [0.25, 0.3) is 0 Å². The van der Waals surface area contributed by atoms with Gasteiger partial charge in [-0.05, 0) is 24.0 Å². The Morgan fingerprint density at radius 2 is 1.35 bits per heavy atom. The summed E-state index contributed by atoms with van der Waals surface area (Å²) in [7, 11) is 0. The third-order valence-electron chi connectivity index (χ3n) is 6.01. The second-order valence-corrected chi connectivity index (χ2v) is 7.59. The highest BCUT2D eigenvalue weighted by Gasteiger charge is 2.47. The van der Waals surface area contributed by atoms with Crippen molar-refractivity contribution >= 4 is 5.91 Å². The van der Waals surface area contributed by atoms with Crippen LogP contribution < -0.4 is 0 Å². The van der Waals surface area contributed by atoms with E-state index in [1.54, 1.807) is 29.2 Å². The lowest BCUT2D eigenvalue weighted by Gasteiger charge is -2.47.